The molecule has 0 aliphatic heterocycles. The van der Waals surface area contributed by atoms with Gasteiger partial charge in [0, 0.05) is 6.04 Å². The maximum Gasteiger partial charge on any atom is 0.407 e. The molecule has 3 nitrogen and oxygen atoms in total. The van der Waals surface area contributed by atoms with Crippen LogP contribution in [0.5, 0.6) is 0 Å². The maximum absolute atomic E-state index is 11.2. The molecule has 88 valence electrons. The quantitative estimate of drug-likeness (QED) is 0.782. The molecule has 1 aliphatic carbocycles. The zero-order valence-corrected chi connectivity index (χ0v) is 10.1. The standard InChI is InChI=1S/C12H23NO2/c1-4-15-12(14)13-11-7-5-10(6-8-11)9(2)3/h9-11H,4-8H2,1-3H3,(H,13,14). The van der Waals surface area contributed by atoms with Crippen molar-refractivity contribution in [1.29, 1.82) is 0 Å². The van der Waals surface area contributed by atoms with Crippen LogP contribution in [0.25, 0.3) is 0 Å². The van der Waals surface area contributed by atoms with Gasteiger partial charge in [-0.2, -0.15) is 0 Å². The van der Waals surface area contributed by atoms with E-state index < -0.39 is 0 Å². The maximum atomic E-state index is 11.2. The number of carbonyl (C=O) groups is 1. The minimum atomic E-state index is -0.259. The van der Waals surface area contributed by atoms with Gasteiger partial charge >= 0.3 is 6.09 Å². The van der Waals surface area contributed by atoms with Crippen LogP contribution in [0.3, 0.4) is 0 Å². The number of hydrogen-bond donors (Lipinski definition) is 1. The Bertz CT molecular complexity index is 196. The topological polar surface area (TPSA) is 38.3 Å². The zero-order chi connectivity index (χ0) is 11.3. The monoisotopic (exact) mass is 213 g/mol. The first-order chi connectivity index (χ1) is 7.13. The van der Waals surface area contributed by atoms with E-state index in [4.69, 9.17) is 4.74 Å². The van der Waals surface area contributed by atoms with E-state index in [0.29, 0.717) is 12.6 Å². The zero-order valence-electron chi connectivity index (χ0n) is 10.1. The summed E-state index contributed by atoms with van der Waals surface area (Å²) in [6.07, 6.45) is 4.40. The molecule has 0 bridgehead atoms. The molecule has 0 spiro atoms. The lowest BCUT2D eigenvalue weighted by molar-refractivity contribution is 0.141. The highest BCUT2D eigenvalue weighted by molar-refractivity contribution is 5.67. The Labute approximate surface area is 92.6 Å². The molecule has 1 aliphatic rings. The summed E-state index contributed by atoms with van der Waals surface area (Å²) in [4.78, 5) is 11.2. The Hall–Kier alpha value is -0.730. The summed E-state index contributed by atoms with van der Waals surface area (Å²) in [5, 5.41) is 2.92. The number of carbonyl (C=O) groups excluding carboxylic acids is 1. The summed E-state index contributed by atoms with van der Waals surface area (Å²) in [5.41, 5.74) is 0. The van der Waals surface area contributed by atoms with Crippen LogP contribution in [0.2, 0.25) is 0 Å². The molecule has 3 heteroatoms. The summed E-state index contributed by atoms with van der Waals surface area (Å²) in [5.74, 6) is 1.61. The van der Waals surface area contributed by atoms with Crippen molar-refractivity contribution in [3.63, 3.8) is 0 Å². The summed E-state index contributed by atoms with van der Waals surface area (Å²) < 4.78 is 4.87. The van der Waals surface area contributed by atoms with E-state index in [1.165, 1.54) is 12.8 Å². The van der Waals surface area contributed by atoms with Crippen LogP contribution in [0.1, 0.15) is 46.5 Å². The van der Waals surface area contributed by atoms with Crippen molar-refractivity contribution in [3.05, 3.63) is 0 Å². The number of rotatable bonds is 3. The summed E-state index contributed by atoms with van der Waals surface area (Å²) in [6, 6.07) is 0.332. The van der Waals surface area contributed by atoms with E-state index in [-0.39, 0.29) is 6.09 Å². The van der Waals surface area contributed by atoms with Crippen molar-refractivity contribution in [2.75, 3.05) is 6.61 Å². The predicted octanol–water partition coefficient (Wildman–Crippen LogP) is 2.95. The van der Waals surface area contributed by atoms with Gasteiger partial charge in [0.2, 0.25) is 0 Å². The third-order valence-electron chi connectivity index (χ3n) is 3.31. The second-order valence-corrected chi connectivity index (χ2v) is 4.72. The third-order valence-corrected chi connectivity index (χ3v) is 3.31. The van der Waals surface area contributed by atoms with Gasteiger partial charge in [0.05, 0.1) is 6.61 Å². The van der Waals surface area contributed by atoms with Crippen LogP contribution in [0.15, 0.2) is 0 Å². The summed E-state index contributed by atoms with van der Waals surface area (Å²) in [7, 11) is 0. The van der Waals surface area contributed by atoms with Gasteiger partial charge in [-0.25, -0.2) is 4.79 Å². The van der Waals surface area contributed by atoms with E-state index in [1.807, 2.05) is 6.92 Å². The smallest absolute Gasteiger partial charge is 0.407 e. The van der Waals surface area contributed by atoms with Gasteiger partial charge < -0.3 is 10.1 Å². The van der Waals surface area contributed by atoms with Crippen molar-refractivity contribution in [2.24, 2.45) is 11.8 Å². The number of ether oxygens (including phenoxy) is 1. The highest BCUT2D eigenvalue weighted by Crippen LogP contribution is 2.29. The van der Waals surface area contributed by atoms with Crippen LogP contribution in [-0.2, 0) is 4.74 Å². The van der Waals surface area contributed by atoms with Crippen LogP contribution in [0.4, 0.5) is 4.79 Å². The van der Waals surface area contributed by atoms with Gasteiger partial charge in [-0.1, -0.05) is 13.8 Å². The van der Waals surface area contributed by atoms with Gasteiger partial charge in [0.25, 0.3) is 0 Å². The molecular formula is C12H23NO2. The van der Waals surface area contributed by atoms with Gasteiger partial charge in [0.1, 0.15) is 0 Å². The molecule has 0 radical (unpaired) electrons. The van der Waals surface area contributed by atoms with Crippen LogP contribution < -0.4 is 5.32 Å². The van der Waals surface area contributed by atoms with Crippen LogP contribution >= 0.6 is 0 Å². The highest BCUT2D eigenvalue weighted by atomic mass is 16.5. The van der Waals surface area contributed by atoms with Gasteiger partial charge in [0.15, 0.2) is 0 Å². The van der Waals surface area contributed by atoms with Crippen LogP contribution in [-0.4, -0.2) is 18.7 Å². The molecule has 0 aromatic heterocycles. The molecule has 0 saturated heterocycles. The lowest BCUT2D eigenvalue weighted by Gasteiger charge is -2.30. The Morgan fingerprint density at radius 2 is 1.93 bits per heavy atom. The average molecular weight is 213 g/mol. The molecule has 0 heterocycles. The van der Waals surface area contributed by atoms with Crippen molar-refractivity contribution < 1.29 is 9.53 Å². The van der Waals surface area contributed by atoms with E-state index in [2.05, 4.69) is 19.2 Å². The van der Waals surface area contributed by atoms with E-state index >= 15 is 0 Å². The van der Waals surface area contributed by atoms with E-state index in [1.54, 1.807) is 0 Å². The predicted molar refractivity (Wildman–Crippen MR) is 60.7 cm³/mol. The number of alkyl carbamates (subject to hydrolysis) is 1. The first-order valence-corrected chi connectivity index (χ1v) is 6.06. The van der Waals surface area contributed by atoms with Crippen LogP contribution in [0, 0.1) is 11.8 Å². The highest BCUT2D eigenvalue weighted by Gasteiger charge is 2.24. The summed E-state index contributed by atoms with van der Waals surface area (Å²) in [6.45, 7) is 6.84. The van der Waals surface area contributed by atoms with Gasteiger partial charge in [-0.15, -0.1) is 0 Å². The molecule has 15 heavy (non-hydrogen) atoms. The summed E-state index contributed by atoms with van der Waals surface area (Å²) >= 11 is 0. The van der Waals surface area contributed by atoms with Gasteiger partial charge in [-0.05, 0) is 44.4 Å². The fourth-order valence-corrected chi connectivity index (χ4v) is 2.27. The lowest BCUT2D eigenvalue weighted by atomic mass is 9.80. The molecular weight excluding hydrogens is 190 g/mol. The van der Waals surface area contributed by atoms with Crippen molar-refractivity contribution >= 4 is 6.09 Å². The third kappa shape index (κ3) is 4.10. The lowest BCUT2D eigenvalue weighted by Crippen LogP contribution is -2.38. The number of hydrogen-bond acceptors (Lipinski definition) is 2. The molecule has 0 aromatic carbocycles. The molecule has 0 atom stereocenters. The fraction of sp³-hybridized carbons (Fsp3) is 0.917. The largest absolute Gasteiger partial charge is 0.450 e. The first-order valence-electron chi connectivity index (χ1n) is 6.06. The molecule has 1 amide bonds. The molecule has 0 aromatic rings. The van der Waals surface area contributed by atoms with E-state index in [0.717, 1.165) is 24.7 Å². The van der Waals surface area contributed by atoms with Crippen molar-refractivity contribution in [1.82, 2.24) is 5.32 Å². The molecule has 1 rings (SSSR count). The van der Waals surface area contributed by atoms with E-state index in [9.17, 15) is 4.79 Å². The average Bonchev–Trinajstić information content (AvgIpc) is 2.18. The minimum Gasteiger partial charge on any atom is -0.450 e. The van der Waals surface area contributed by atoms with Crippen molar-refractivity contribution in [3.8, 4) is 0 Å². The number of nitrogens with one attached hydrogen (secondary N) is 1. The minimum absolute atomic E-state index is 0.259. The van der Waals surface area contributed by atoms with Crippen molar-refractivity contribution in [2.45, 2.75) is 52.5 Å². The number of amides is 1. The SMILES string of the molecule is CCOC(=O)NC1CCC(C(C)C)CC1. The Morgan fingerprint density at radius 3 is 2.40 bits per heavy atom. The molecule has 1 saturated carbocycles. The molecule has 1 fully saturated rings. The Kier molecular flexibility index (Phi) is 4.92. The molecule has 0 unspecified atom stereocenters. The second kappa shape index (κ2) is 5.99. The molecule has 1 N–H and O–H groups in total. The Balaban J connectivity index is 2.22. The fourth-order valence-electron chi connectivity index (χ4n) is 2.27. The Morgan fingerprint density at radius 1 is 1.33 bits per heavy atom. The van der Waals surface area contributed by atoms with Gasteiger partial charge in [-0.3, -0.25) is 0 Å². The second-order valence-electron chi connectivity index (χ2n) is 4.72. The first kappa shape index (κ1) is 12.3. The normalized spacial score (nSPS) is 26.4.